The van der Waals surface area contributed by atoms with Gasteiger partial charge in [-0.2, -0.15) is 0 Å². The van der Waals surface area contributed by atoms with E-state index in [1.54, 1.807) is 0 Å². The van der Waals surface area contributed by atoms with Gasteiger partial charge in [-0.1, -0.05) is 0 Å². The van der Waals surface area contributed by atoms with Crippen molar-refractivity contribution in [2.75, 3.05) is 11.9 Å². The van der Waals surface area contributed by atoms with E-state index in [1.165, 1.54) is 0 Å². The lowest BCUT2D eigenvalue weighted by molar-refractivity contribution is 0.00956. The lowest BCUT2D eigenvalue weighted by Gasteiger charge is -2.34. The van der Waals surface area contributed by atoms with E-state index in [9.17, 15) is 9.90 Å². The fourth-order valence-corrected chi connectivity index (χ4v) is 2.63. The third-order valence-electron chi connectivity index (χ3n) is 3.77. The number of aromatic nitrogens is 1. The number of nitrogens with one attached hydrogen (secondary N) is 1. The number of pyridine rings is 1. The van der Waals surface area contributed by atoms with Crippen molar-refractivity contribution in [1.82, 2.24) is 4.57 Å². The number of hydrogen-bond donors (Lipinski definition) is 2. The molecular formula is C14H22N2O2. The summed E-state index contributed by atoms with van der Waals surface area (Å²) < 4.78 is 1.81. The minimum atomic E-state index is -0.556. The summed E-state index contributed by atoms with van der Waals surface area (Å²) in [6.07, 6.45) is 5.10. The van der Waals surface area contributed by atoms with E-state index in [0.717, 1.165) is 32.2 Å². The van der Waals surface area contributed by atoms with Crippen LogP contribution in [0.2, 0.25) is 0 Å². The van der Waals surface area contributed by atoms with Crippen LogP contribution in [0.15, 0.2) is 23.1 Å². The van der Waals surface area contributed by atoms with Gasteiger partial charge in [-0.3, -0.25) is 4.79 Å². The van der Waals surface area contributed by atoms with Crippen molar-refractivity contribution in [3.05, 3.63) is 28.7 Å². The normalized spacial score (nSPS) is 28.1. The Morgan fingerprint density at radius 3 is 2.78 bits per heavy atom. The molecule has 0 bridgehead atoms. The van der Waals surface area contributed by atoms with Crippen LogP contribution in [0.1, 0.15) is 45.6 Å². The molecule has 2 N–H and O–H groups in total. The summed E-state index contributed by atoms with van der Waals surface area (Å²) in [5, 5.41) is 13.0. The van der Waals surface area contributed by atoms with Gasteiger partial charge in [0.2, 0.25) is 0 Å². The van der Waals surface area contributed by atoms with Gasteiger partial charge in [0.15, 0.2) is 0 Å². The maximum Gasteiger partial charge on any atom is 0.274 e. The minimum absolute atomic E-state index is 0.0471. The van der Waals surface area contributed by atoms with Crippen molar-refractivity contribution in [1.29, 1.82) is 0 Å². The van der Waals surface area contributed by atoms with E-state index in [-0.39, 0.29) is 11.6 Å². The maximum absolute atomic E-state index is 12.3. The third kappa shape index (κ3) is 2.75. The highest BCUT2D eigenvalue weighted by atomic mass is 16.3. The van der Waals surface area contributed by atoms with E-state index >= 15 is 0 Å². The second kappa shape index (κ2) is 5.14. The van der Waals surface area contributed by atoms with Crippen LogP contribution >= 0.6 is 0 Å². The molecule has 0 aliphatic heterocycles. The van der Waals surface area contributed by atoms with E-state index in [1.807, 2.05) is 36.7 Å². The molecule has 0 atom stereocenters. The molecule has 4 heteroatoms. The summed E-state index contributed by atoms with van der Waals surface area (Å²) >= 11 is 0. The maximum atomic E-state index is 12.3. The van der Waals surface area contributed by atoms with Gasteiger partial charge in [0.1, 0.15) is 5.69 Å². The van der Waals surface area contributed by atoms with Gasteiger partial charge in [0.05, 0.1) is 5.60 Å². The molecule has 0 aromatic carbocycles. The summed E-state index contributed by atoms with van der Waals surface area (Å²) in [7, 11) is 0. The van der Waals surface area contributed by atoms with Gasteiger partial charge in [0.25, 0.3) is 5.56 Å². The monoisotopic (exact) mass is 250 g/mol. The summed E-state index contributed by atoms with van der Waals surface area (Å²) in [6.45, 7) is 4.61. The lowest BCUT2D eigenvalue weighted by Crippen LogP contribution is -2.35. The van der Waals surface area contributed by atoms with Crippen LogP contribution in [-0.4, -0.2) is 21.8 Å². The third-order valence-corrected chi connectivity index (χ3v) is 3.77. The zero-order valence-corrected chi connectivity index (χ0v) is 11.1. The number of aliphatic hydroxyl groups is 1. The quantitative estimate of drug-likeness (QED) is 0.864. The molecule has 1 aromatic heterocycles. The van der Waals surface area contributed by atoms with Gasteiger partial charge < -0.3 is 15.0 Å². The van der Waals surface area contributed by atoms with Gasteiger partial charge in [-0.25, -0.2) is 0 Å². The Labute approximate surface area is 108 Å². The number of nitrogens with zero attached hydrogens (tertiary/aromatic N) is 1. The fraction of sp³-hybridized carbons (Fsp3) is 0.643. The Morgan fingerprint density at radius 2 is 2.17 bits per heavy atom. The molecule has 1 aromatic rings. The van der Waals surface area contributed by atoms with Crippen LogP contribution in [0.5, 0.6) is 0 Å². The fourth-order valence-electron chi connectivity index (χ4n) is 2.63. The second-order valence-corrected chi connectivity index (χ2v) is 5.39. The van der Waals surface area contributed by atoms with Crippen LogP contribution in [0.3, 0.4) is 0 Å². The molecule has 1 saturated carbocycles. The summed E-state index contributed by atoms with van der Waals surface area (Å²) in [4.78, 5) is 12.3. The molecule has 1 fully saturated rings. The summed E-state index contributed by atoms with van der Waals surface area (Å²) in [6, 6.07) is 3.95. The van der Waals surface area contributed by atoms with Crippen molar-refractivity contribution >= 4 is 5.69 Å². The topological polar surface area (TPSA) is 54.3 Å². The molecule has 0 spiro atoms. The predicted octanol–water partition coefficient (Wildman–Crippen LogP) is 2.15. The Balaban J connectivity index is 2.19. The summed E-state index contributed by atoms with van der Waals surface area (Å²) in [5.41, 5.74) is 0.155. The minimum Gasteiger partial charge on any atom is -0.390 e. The molecule has 0 saturated heterocycles. The van der Waals surface area contributed by atoms with Crippen molar-refractivity contribution in [2.24, 2.45) is 0 Å². The van der Waals surface area contributed by atoms with Crippen LogP contribution < -0.4 is 10.9 Å². The molecule has 2 rings (SSSR count). The highest BCUT2D eigenvalue weighted by molar-refractivity contribution is 5.40. The molecule has 0 radical (unpaired) electrons. The largest absolute Gasteiger partial charge is 0.390 e. The first-order valence-corrected chi connectivity index (χ1v) is 6.71. The van der Waals surface area contributed by atoms with Crippen molar-refractivity contribution < 1.29 is 5.11 Å². The first-order chi connectivity index (χ1) is 8.53. The first-order valence-electron chi connectivity index (χ1n) is 6.71. The Morgan fingerprint density at radius 1 is 1.50 bits per heavy atom. The van der Waals surface area contributed by atoms with Crippen LogP contribution in [0.4, 0.5) is 5.69 Å². The molecule has 0 amide bonds. The lowest BCUT2D eigenvalue weighted by atomic mass is 9.83. The molecule has 1 heterocycles. The van der Waals surface area contributed by atoms with E-state index in [4.69, 9.17) is 0 Å². The van der Waals surface area contributed by atoms with Crippen LogP contribution in [0.25, 0.3) is 0 Å². The van der Waals surface area contributed by atoms with Crippen molar-refractivity contribution in [2.45, 2.75) is 51.2 Å². The molecule has 1 aliphatic carbocycles. The van der Waals surface area contributed by atoms with Crippen molar-refractivity contribution in [3.63, 3.8) is 0 Å². The van der Waals surface area contributed by atoms with Crippen LogP contribution in [0, 0.1) is 0 Å². The van der Waals surface area contributed by atoms with Gasteiger partial charge in [-0.05, 0) is 51.7 Å². The highest BCUT2D eigenvalue weighted by Gasteiger charge is 2.29. The number of hydrogen-bond acceptors (Lipinski definition) is 3. The smallest absolute Gasteiger partial charge is 0.274 e. The Kier molecular flexibility index (Phi) is 3.76. The standard InChI is InChI=1S/C14H22N2O2/c1-3-15-12-5-4-10-16(13(12)17)11-6-8-14(2,18)9-7-11/h4-5,10-11,15,18H,3,6-9H2,1-2H3/t11-,14-. The SMILES string of the molecule is CCNc1cccn([C@H]2CC[C@](C)(O)CC2)c1=O. The Hall–Kier alpha value is -1.29. The van der Waals surface area contributed by atoms with Crippen molar-refractivity contribution in [3.8, 4) is 0 Å². The molecule has 4 nitrogen and oxygen atoms in total. The molecule has 1 aliphatic rings. The van der Waals surface area contributed by atoms with Gasteiger partial charge >= 0.3 is 0 Å². The highest BCUT2D eigenvalue weighted by Crippen LogP contribution is 2.33. The van der Waals surface area contributed by atoms with Gasteiger partial charge in [-0.15, -0.1) is 0 Å². The number of rotatable bonds is 3. The second-order valence-electron chi connectivity index (χ2n) is 5.39. The van der Waals surface area contributed by atoms with E-state index < -0.39 is 5.60 Å². The molecule has 0 unspecified atom stereocenters. The molecule has 18 heavy (non-hydrogen) atoms. The first kappa shape index (κ1) is 13.1. The average molecular weight is 250 g/mol. The average Bonchev–Trinajstić information content (AvgIpc) is 2.33. The predicted molar refractivity (Wildman–Crippen MR) is 73.0 cm³/mol. The Bertz CT molecular complexity index is 455. The zero-order chi connectivity index (χ0) is 13.2. The number of anilines is 1. The molecule has 100 valence electrons. The molecular weight excluding hydrogens is 228 g/mol. The van der Waals surface area contributed by atoms with E-state index in [2.05, 4.69) is 5.32 Å². The van der Waals surface area contributed by atoms with Crippen LogP contribution in [-0.2, 0) is 0 Å². The summed E-state index contributed by atoms with van der Waals surface area (Å²) in [5.74, 6) is 0. The van der Waals surface area contributed by atoms with E-state index in [0.29, 0.717) is 5.69 Å². The van der Waals surface area contributed by atoms with Gasteiger partial charge in [0, 0.05) is 18.8 Å². The zero-order valence-electron chi connectivity index (χ0n) is 11.1.